The Kier molecular flexibility index (Phi) is 14.0. The Balaban J connectivity index is 3.10. The van der Waals surface area contributed by atoms with E-state index in [-0.39, 0.29) is 24.3 Å². The molecule has 0 saturated heterocycles. The first-order valence-electron chi connectivity index (χ1n) is 11.7. The summed E-state index contributed by atoms with van der Waals surface area (Å²) < 4.78 is 0. The number of unbranched alkanes of at least 4 members (excludes halogenated alkanes) is 1. The quantitative estimate of drug-likeness (QED) is 0.0837. The van der Waals surface area contributed by atoms with E-state index in [0.717, 1.165) is 0 Å². The van der Waals surface area contributed by atoms with E-state index in [1.54, 1.807) is 12.1 Å². The topological polar surface area (TPSA) is 234 Å². The lowest BCUT2D eigenvalue weighted by Crippen LogP contribution is -2.57. The molecular weight excluding hydrogens is 506 g/mol. The van der Waals surface area contributed by atoms with Gasteiger partial charge in [0.25, 0.3) is 0 Å². The highest BCUT2D eigenvalue weighted by Gasteiger charge is 2.30. The molecule has 0 heterocycles. The van der Waals surface area contributed by atoms with Crippen molar-refractivity contribution in [2.24, 2.45) is 11.5 Å². The van der Waals surface area contributed by atoms with Crippen molar-refractivity contribution in [3.8, 4) is 5.75 Å². The van der Waals surface area contributed by atoms with Crippen LogP contribution in [0.25, 0.3) is 0 Å². The molecular formula is C23H35N5O8S. The second-order valence-corrected chi connectivity index (χ2v) is 8.76. The summed E-state index contributed by atoms with van der Waals surface area (Å²) in [6.07, 6.45) is 0.757. The normalized spacial score (nSPS) is 14.0. The number of nitrogens with one attached hydrogen (secondary N) is 3. The number of amides is 3. The van der Waals surface area contributed by atoms with Crippen LogP contribution in [0, 0.1) is 0 Å². The van der Waals surface area contributed by atoms with Crippen molar-refractivity contribution in [2.75, 3.05) is 12.3 Å². The molecule has 0 bridgehead atoms. The number of rotatable bonds is 17. The second-order valence-electron chi connectivity index (χ2n) is 8.40. The zero-order valence-electron chi connectivity index (χ0n) is 20.3. The molecule has 37 heavy (non-hydrogen) atoms. The maximum absolute atomic E-state index is 13.2. The maximum Gasteiger partial charge on any atom is 0.327 e. The summed E-state index contributed by atoms with van der Waals surface area (Å²) in [6, 6.07) is 0.997. The van der Waals surface area contributed by atoms with E-state index in [1.165, 1.54) is 12.1 Å². The average Bonchev–Trinajstić information content (AvgIpc) is 2.85. The molecule has 0 saturated carbocycles. The average molecular weight is 542 g/mol. The van der Waals surface area contributed by atoms with Gasteiger partial charge in [0.1, 0.15) is 23.9 Å². The highest BCUT2D eigenvalue weighted by molar-refractivity contribution is 7.80. The molecule has 4 unspecified atom stereocenters. The van der Waals surface area contributed by atoms with Gasteiger partial charge in [-0.1, -0.05) is 18.6 Å². The lowest BCUT2D eigenvalue weighted by atomic mass is 10.0. The van der Waals surface area contributed by atoms with Gasteiger partial charge in [-0.15, -0.1) is 0 Å². The smallest absolute Gasteiger partial charge is 0.327 e. The van der Waals surface area contributed by atoms with E-state index < -0.39 is 60.2 Å². The number of nitrogens with two attached hydrogens (primary N) is 2. The molecule has 1 aromatic carbocycles. The van der Waals surface area contributed by atoms with Crippen molar-refractivity contribution in [3.05, 3.63) is 29.8 Å². The van der Waals surface area contributed by atoms with Crippen LogP contribution in [0.5, 0.6) is 5.75 Å². The summed E-state index contributed by atoms with van der Waals surface area (Å²) in [6.45, 7) is 0.440. The molecule has 0 aliphatic rings. The molecule has 0 aromatic heterocycles. The van der Waals surface area contributed by atoms with Crippen LogP contribution >= 0.6 is 12.6 Å². The van der Waals surface area contributed by atoms with Gasteiger partial charge in [0, 0.05) is 18.6 Å². The highest BCUT2D eigenvalue weighted by atomic mass is 32.1. The fraction of sp³-hybridized carbons (Fsp3) is 0.522. The van der Waals surface area contributed by atoms with E-state index in [2.05, 4.69) is 28.6 Å². The third-order valence-corrected chi connectivity index (χ3v) is 5.76. The van der Waals surface area contributed by atoms with Gasteiger partial charge in [-0.25, -0.2) is 4.79 Å². The molecule has 0 aliphatic carbocycles. The minimum atomic E-state index is -1.40. The Labute approximate surface area is 219 Å². The van der Waals surface area contributed by atoms with Gasteiger partial charge in [-0.2, -0.15) is 12.6 Å². The molecule has 13 nitrogen and oxygen atoms in total. The number of carbonyl (C=O) groups is 5. The van der Waals surface area contributed by atoms with Crippen LogP contribution in [-0.2, 0) is 30.4 Å². The van der Waals surface area contributed by atoms with Crippen LogP contribution in [0.3, 0.4) is 0 Å². The van der Waals surface area contributed by atoms with Crippen LogP contribution in [-0.4, -0.2) is 81.4 Å². The fourth-order valence-electron chi connectivity index (χ4n) is 3.26. The number of phenols is 1. The molecule has 1 rings (SSSR count). The van der Waals surface area contributed by atoms with Crippen LogP contribution < -0.4 is 27.4 Å². The zero-order valence-corrected chi connectivity index (χ0v) is 21.2. The Morgan fingerprint density at radius 1 is 0.838 bits per heavy atom. The molecule has 4 atom stereocenters. The second kappa shape index (κ2) is 16.4. The van der Waals surface area contributed by atoms with Gasteiger partial charge in [-0.3, -0.25) is 19.2 Å². The molecule has 206 valence electrons. The van der Waals surface area contributed by atoms with Crippen molar-refractivity contribution in [1.29, 1.82) is 0 Å². The van der Waals surface area contributed by atoms with Crippen molar-refractivity contribution in [1.82, 2.24) is 16.0 Å². The number of carbonyl (C=O) groups excluding carboxylic acids is 3. The van der Waals surface area contributed by atoms with Gasteiger partial charge in [0.15, 0.2) is 0 Å². The van der Waals surface area contributed by atoms with Crippen molar-refractivity contribution < 1.29 is 39.3 Å². The summed E-state index contributed by atoms with van der Waals surface area (Å²) in [7, 11) is 0. The largest absolute Gasteiger partial charge is 0.508 e. The minimum absolute atomic E-state index is 0.00158. The SMILES string of the molecule is NCCCCC(N)C(=O)NC(Cc1ccc(O)cc1)C(=O)NC(CCC(=O)O)C(=O)NC(CS)C(=O)O. The Morgan fingerprint density at radius 3 is 1.95 bits per heavy atom. The first-order valence-corrected chi connectivity index (χ1v) is 12.3. The van der Waals surface area contributed by atoms with E-state index in [0.29, 0.717) is 31.4 Å². The van der Waals surface area contributed by atoms with Crippen molar-refractivity contribution >= 4 is 42.3 Å². The number of hydrogen-bond donors (Lipinski definition) is 9. The molecule has 0 aliphatic heterocycles. The number of thiol groups is 1. The van der Waals surface area contributed by atoms with Crippen LogP contribution in [0.1, 0.15) is 37.7 Å². The Morgan fingerprint density at radius 2 is 1.41 bits per heavy atom. The van der Waals surface area contributed by atoms with Gasteiger partial charge >= 0.3 is 11.9 Å². The molecule has 0 radical (unpaired) electrons. The van der Waals surface area contributed by atoms with Crippen LogP contribution in [0.2, 0.25) is 0 Å². The number of carboxylic acid groups (broad SMARTS) is 2. The minimum Gasteiger partial charge on any atom is -0.508 e. The third-order valence-electron chi connectivity index (χ3n) is 5.39. The van der Waals surface area contributed by atoms with E-state index in [4.69, 9.17) is 16.6 Å². The molecule has 1 aromatic rings. The molecule has 10 N–H and O–H groups in total. The molecule has 3 amide bonds. The highest BCUT2D eigenvalue weighted by Crippen LogP contribution is 2.12. The van der Waals surface area contributed by atoms with Gasteiger partial charge in [0.05, 0.1) is 6.04 Å². The van der Waals surface area contributed by atoms with Crippen LogP contribution in [0.4, 0.5) is 0 Å². The van der Waals surface area contributed by atoms with E-state index in [9.17, 15) is 34.2 Å². The summed E-state index contributed by atoms with van der Waals surface area (Å²) >= 11 is 3.87. The van der Waals surface area contributed by atoms with Gasteiger partial charge < -0.3 is 42.7 Å². The van der Waals surface area contributed by atoms with Gasteiger partial charge in [-0.05, 0) is 43.5 Å². The third kappa shape index (κ3) is 11.9. The summed E-state index contributed by atoms with van der Waals surface area (Å²) in [5.41, 5.74) is 12.0. The standard InChI is InChI=1S/C23H35N5O8S/c24-10-2-1-3-15(25)20(32)27-17(11-13-4-6-14(29)7-5-13)22(34)26-16(8-9-19(30)31)21(33)28-18(12-37)23(35)36/h4-7,15-18,29,37H,1-3,8-12,24-25H2,(H,26,34)(H,27,32)(H,28,33)(H,30,31)(H,35,36). The Hall–Kier alpha value is -3.36. The van der Waals surface area contributed by atoms with Gasteiger partial charge in [0.2, 0.25) is 17.7 Å². The fourth-order valence-corrected chi connectivity index (χ4v) is 3.51. The zero-order chi connectivity index (χ0) is 28.0. The van der Waals surface area contributed by atoms with E-state index >= 15 is 0 Å². The van der Waals surface area contributed by atoms with E-state index in [1.807, 2.05) is 0 Å². The summed E-state index contributed by atoms with van der Waals surface area (Å²) in [4.78, 5) is 60.9. The van der Waals surface area contributed by atoms with Crippen molar-refractivity contribution in [3.63, 3.8) is 0 Å². The predicted molar refractivity (Wildman–Crippen MR) is 137 cm³/mol. The Bertz CT molecular complexity index is 930. The lowest BCUT2D eigenvalue weighted by Gasteiger charge is -2.25. The number of phenolic OH excluding ortho intramolecular Hbond substituents is 1. The molecule has 14 heteroatoms. The monoisotopic (exact) mass is 541 g/mol. The van der Waals surface area contributed by atoms with Crippen LogP contribution in [0.15, 0.2) is 24.3 Å². The molecule has 0 spiro atoms. The summed E-state index contributed by atoms with van der Waals surface area (Å²) in [5.74, 6) is -5.14. The lowest BCUT2D eigenvalue weighted by molar-refractivity contribution is -0.142. The number of carboxylic acids is 2. The summed E-state index contributed by atoms with van der Waals surface area (Å²) in [5, 5.41) is 34.9. The molecule has 0 fully saturated rings. The number of hydrogen-bond acceptors (Lipinski definition) is 9. The predicted octanol–water partition coefficient (Wildman–Crippen LogP) is -1.28. The first kappa shape index (κ1) is 31.7. The first-order chi connectivity index (χ1) is 17.5. The number of aliphatic carboxylic acids is 2. The number of benzene rings is 1. The number of aromatic hydroxyl groups is 1. The van der Waals surface area contributed by atoms with Crippen molar-refractivity contribution in [2.45, 2.75) is 62.7 Å². The maximum atomic E-state index is 13.2.